The predicted octanol–water partition coefficient (Wildman–Crippen LogP) is 4.96. The number of benzene rings is 2. The lowest BCUT2D eigenvalue weighted by Gasteiger charge is -2.25. The monoisotopic (exact) mass is 484 g/mol. The van der Waals surface area contributed by atoms with Crippen LogP contribution in [0.25, 0.3) is 11.4 Å². The maximum Gasteiger partial charge on any atom is 0.230 e. The van der Waals surface area contributed by atoms with Gasteiger partial charge in [-0.3, -0.25) is 4.79 Å². The van der Waals surface area contributed by atoms with Gasteiger partial charge in [-0.05, 0) is 42.9 Å². The van der Waals surface area contributed by atoms with E-state index in [9.17, 15) is 4.79 Å². The van der Waals surface area contributed by atoms with Crippen LogP contribution in [0.15, 0.2) is 64.2 Å². The van der Waals surface area contributed by atoms with Crippen molar-refractivity contribution < 1.29 is 4.79 Å². The van der Waals surface area contributed by atoms with Gasteiger partial charge in [0.05, 0.1) is 5.75 Å². The number of hydrogen-bond acceptors (Lipinski definition) is 4. The number of halogens is 1. The van der Waals surface area contributed by atoms with E-state index in [1.807, 2.05) is 30.3 Å². The topological polar surface area (TPSA) is 59.8 Å². The highest BCUT2D eigenvalue weighted by atomic mass is 79.9. The van der Waals surface area contributed by atoms with E-state index in [0.717, 1.165) is 40.5 Å². The summed E-state index contributed by atoms with van der Waals surface area (Å²) >= 11 is 4.94. The second-order valence-electron chi connectivity index (χ2n) is 7.59. The van der Waals surface area contributed by atoms with Crippen molar-refractivity contribution in [1.82, 2.24) is 20.1 Å². The Morgan fingerprint density at radius 2 is 1.87 bits per heavy atom. The first-order valence-corrected chi connectivity index (χ1v) is 12.1. The van der Waals surface area contributed by atoms with Crippen molar-refractivity contribution >= 4 is 33.6 Å². The number of hydrogen-bond donors (Lipinski definition) is 1. The van der Waals surface area contributed by atoms with Gasteiger partial charge in [-0.1, -0.05) is 76.6 Å². The molecule has 1 heterocycles. The summed E-state index contributed by atoms with van der Waals surface area (Å²) < 4.78 is 3.15. The maximum absolute atomic E-state index is 12.3. The molecule has 1 fully saturated rings. The van der Waals surface area contributed by atoms with Crippen molar-refractivity contribution in [3.8, 4) is 11.4 Å². The van der Waals surface area contributed by atoms with Crippen LogP contribution < -0.4 is 5.32 Å². The van der Waals surface area contributed by atoms with Crippen molar-refractivity contribution in [2.24, 2.45) is 5.92 Å². The summed E-state index contributed by atoms with van der Waals surface area (Å²) in [6, 6.07) is 18.5. The lowest BCUT2D eigenvalue weighted by Crippen LogP contribution is -2.33. The van der Waals surface area contributed by atoms with Gasteiger partial charge in [0.25, 0.3) is 0 Å². The molecule has 4 rings (SSSR count). The second kappa shape index (κ2) is 10.3. The zero-order valence-corrected chi connectivity index (χ0v) is 19.2. The SMILES string of the molecule is O=C(CSc1nnc(-c2ccc(Br)cc2)n1CCc1ccccc1)NCC1CCC1. The van der Waals surface area contributed by atoms with Gasteiger partial charge in [0.2, 0.25) is 5.91 Å². The Kier molecular flexibility index (Phi) is 7.23. The summed E-state index contributed by atoms with van der Waals surface area (Å²) in [6.45, 7) is 1.55. The molecule has 3 aromatic rings. The largest absolute Gasteiger partial charge is 0.355 e. The molecule has 1 amide bonds. The Morgan fingerprint density at radius 1 is 1.10 bits per heavy atom. The number of rotatable bonds is 9. The van der Waals surface area contributed by atoms with Gasteiger partial charge < -0.3 is 9.88 Å². The summed E-state index contributed by atoms with van der Waals surface area (Å²) in [7, 11) is 0. The Morgan fingerprint density at radius 3 is 2.57 bits per heavy atom. The first kappa shape index (κ1) is 21.1. The molecule has 1 N–H and O–H groups in total. The Labute approximate surface area is 189 Å². The highest BCUT2D eigenvalue weighted by Gasteiger charge is 2.19. The number of aryl methyl sites for hydroxylation is 1. The number of aromatic nitrogens is 3. The van der Waals surface area contributed by atoms with Gasteiger partial charge >= 0.3 is 0 Å². The average Bonchev–Trinajstić information content (AvgIpc) is 3.13. The molecule has 2 aromatic carbocycles. The molecule has 1 aromatic heterocycles. The van der Waals surface area contributed by atoms with Crippen molar-refractivity contribution in [2.75, 3.05) is 12.3 Å². The second-order valence-corrected chi connectivity index (χ2v) is 9.45. The van der Waals surface area contributed by atoms with Crippen molar-refractivity contribution in [3.05, 3.63) is 64.6 Å². The molecule has 156 valence electrons. The first-order valence-electron chi connectivity index (χ1n) is 10.3. The number of nitrogens with zero attached hydrogens (tertiary/aromatic N) is 3. The van der Waals surface area contributed by atoms with E-state index in [2.05, 4.69) is 60.3 Å². The smallest absolute Gasteiger partial charge is 0.230 e. The van der Waals surface area contributed by atoms with E-state index in [-0.39, 0.29) is 5.91 Å². The summed E-state index contributed by atoms with van der Waals surface area (Å²) in [5.41, 5.74) is 2.28. The number of thioether (sulfide) groups is 1. The van der Waals surface area contributed by atoms with Crippen LogP contribution in [0.3, 0.4) is 0 Å². The van der Waals surface area contributed by atoms with E-state index in [0.29, 0.717) is 11.7 Å². The molecular weight excluding hydrogens is 460 g/mol. The third-order valence-electron chi connectivity index (χ3n) is 5.43. The van der Waals surface area contributed by atoms with E-state index in [1.54, 1.807) is 0 Å². The fourth-order valence-electron chi connectivity index (χ4n) is 3.43. The average molecular weight is 485 g/mol. The molecule has 1 aliphatic carbocycles. The van der Waals surface area contributed by atoms with Gasteiger partial charge in [0.1, 0.15) is 0 Å². The van der Waals surface area contributed by atoms with Crippen LogP contribution in [0.5, 0.6) is 0 Å². The summed E-state index contributed by atoms with van der Waals surface area (Å²) in [4.78, 5) is 12.3. The number of carbonyl (C=O) groups is 1. The van der Waals surface area contributed by atoms with Crippen LogP contribution in [0.4, 0.5) is 0 Å². The van der Waals surface area contributed by atoms with E-state index in [4.69, 9.17) is 0 Å². The van der Waals surface area contributed by atoms with Gasteiger partial charge in [0, 0.05) is 23.1 Å². The van der Waals surface area contributed by atoms with Crippen LogP contribution >= 0.6 is 27.7 Å². The summed E-state index contributed by atoms with van der Waals surface area (Å²) in [5.74, 6) is 1.92. The minimum Gasteiger partial charge on any atom is -0.355 e. The molecule has 0 unspecified atom stereocenters. The van der Waals surface area contributed by atoms with Gasteiger partial charge in [-0.15, -0.1) is 10.2 Å². The van der Waals surface area contributed by atoms with Gasteiger partial charge in [-0.2, -0.15) is 0 Å². The number of nitrogens with one attached hydrogen (secondary N) is 1. The van der Waals surface area contributed by atoms with Gasteiger partial charge in [-0.25, -0.2) is 0 Å². The Bertz CT molecular complexity index is 971. The normalized spacial score (nSPS) is 13.8. The molecule has 0 spiro atoms. The molecule has 30 heavy (non-hydrogen) atoms. The zero-order chi connectivity index (χ0) is 20.8. The lowest BCUT2D eigenvalue weighted by atomic mass is 9.85. The van der Waals surface area contributed by atoms with E-state index >= 15 is 0 Å². The maximum atomic E-state index is 12.3. The highest BCUT2D eigenvalue weighted by molar-refractivity contribution is 9.10. The van der Waals surface area contributed by atoms with E-state index in [1.165, 1.54) is 36.6 Å². The molecule has 0 bridgehead atoms. The summed E-state index contributed by atoms with van der Waals surface area (Å²) in [6.07, 6.45) is 4.64. The van der Waals surface area contributed by atoms with Crippen molar-refractivity contribution in [3.63, 3.8) is 0 Å². The molecule has 1 aliphatic rings. The summed E-state index contributed by atoms with van der Waals surface area (Å²) in [5, 5.41) is 12.7. The van der Waals surface area contributed by atoms with Crippen molar-refractivity contribution in [2.45, 2.75) is 37.4 Å². The molecule has 0 radical (unpaired) electrons. The van der Waals surface area contributed by atoms with Crippen LogP contribution in [0.1, 0.15) is 24.8 Å². The van der Waals surface area contributed by atoms with Gasteiger partial charge in [0.15, 0.2) is 11.0 Å². The fourth-order valence-corrected chi connectivity index (χ4v) is 4.49. The van der Waals surface area contributed by atoms with E-state index < -0.39 is 0 Å². The lowest BCUT2D eigenvalue weighted by molar-refractivity contribution is -0.118. The molecular formula is C23H25BrN4OS. The first-order chi connectivity index (χ1) is 14.7. The zero-order valence-electron chi connectivity index (χ0n) is 16.8. The predicted molar refractivity (Wildman–Crippen MR) is 124 cm³/mol. The number of amides is 1. The molecule has 0 aliphatic heterocycles. The quantitative estimate of drug-likeness (QED) is 0.436. The Hall–Kier alpha value is -2.12. The standard InChI is InChI=1S/C23H25BrN4OS/c24-20-11-9-19(10-12-20)22-26-27-23(28(22)14-13-17-5-2-1-3-6-17)30-16-21(29)25-15-18-7-4-8-18/h1-3,5-6,9-12,18H,4,7-8,13-16H2,(H,25,29). The highest BCUT2D eigenvalue weighted by Crippen LogP contribution is 2.27. The molecule has 1 saturated carbocycles. The molecule has 7 heteroatoms. The van der Waals surface area contributed by atoms with Crippen LogP contribution in [-0.2, 0) is 17.8 Å². The number of carbonyl (C=O) groups excluding carboxylic acids is 1. The van der Waals surface area contributed by atoms with Crippen LogP contribution in [-0.4, -0.2) is 33.0 Å². The third kappa shape index (κ3) is 5.52. The van der Waals surface area contributed by atoms with Crippen molar-refractivity contribution in [1.29, 1.82) is 0 Å². The minimum absolute atomic E-state index is 0.0645. The van der Waals surface area contributed by atoms with Crippen LogP contribution in [0.2, 0.25) is 0 Å². The molecule has 5 nitrogen and oxygen atoms in total. The fraction of sp³-hybridized carbons (Fsp3) is 0.348. The van der Waals surface area contributed by atoms with Crippen LogP contribution in [0, 0.1) is 5.92 Å². The molecule has 0 atom stereocenters. The molecule has 0 saturated heterocycles. The third-order valence-corrected chi connectivity index (χ3v) is 6.93. The minimum atomic E-state index is 0.0645. The Balaban J connectivity index is 1.47.